The van der Waals surface area contributed by atoms with Gasteiger partial charge in [-0.25, -0.2) is 0 Å². The van der Waals surface area contributed by atoms with E-state index in [1.807, 2.05) is 6.92 Å². The largest absolute Gasteiger partial charge is 0.481 e. The fraction of sp³-hybridized carbons (Fsp3) is 0.944. The van der Waals surface area contributed by atoms with Gasteiger partial charge < -0.3 is 10.4 Å². The predicted molar refractivity (Wildman–Crippen MR) is 174 cm³/mol. The molecule has 238 valence electrons. The van der Waals surface area contributed by atoms with Crippen molar-refractivity contribution >= 4 is 11.9 Å². The number of rotatable bonds is 31. The molecular formula is C36H71NO3. The van der Waals surface area contributed by atoms with Crippen molar-refractivity contribution in [3.8, 4) is 0 Å². The molecule has 0 aliphatic heterocycles. The second-order valence-electron chi connectivity index (χ2n) is 12.7. The van der Waals surface area contributed by atoms with Crippen LogP contribution in [0.3, 0.4) is 0 Å². The van der Waals surface area contributed by atoms with E-state index in [0.29, 0.717) is 6.54 Å². The molecule has 0 aromatic rings. The zero-order chi connectivity index (χ0) is 29.7. The van der Waals surface area contributed by atoms with Crippen LogP contribution in [0.25, 0.3) is 0 Å². The molecule has 0 saturated carbocycles. The summed E-state index contributed by atoms with van der Waals surface area (Å²) in [6.45, 7) is 9.10. The molecule has 0 aromatic heterocycles. The minimum absolute atomic E-state index is 0.0772. The smallest absolute Gasteiger partial charge is 0.307 e. The van der Waals surface area contributed by atoms with E-state index in [0.717, 1.165) is 32.1 Å². The van der Waals surface area contributed by atoms with Gasteiger partial charge in [-0.2, -0.15) is 0 Å². The second kappa shape index (κ2) is 29.4. The molecule has 4 nitrogen and oxygen atoms in total. The molecular weight excluding hydrogens is 494 g/mol. The van der Waals surface area contributed by atoms with Crippen LogP contribution < -0.4 is 5.32 Å². The molecule has 0 aromatic carbocycles. The molecule has 0 bridgehead atoms. The lowest BCUT2D eigenvalue weighted by Gasteiger charge is -2.27. The van der Waals surface area contributed by atoms with Crippen LogP contribution in [0.5, 0.6) is 0 Å². The van der Waals surface area contributed by atoms with Gasteiger partial charge in [0, 0.05) is 12.5 Å². The Morgan fingerprint density at radius 2 is 0.900 bits per heavy atom. The lowest BCUT2D eigenvalue weighted by molar-refractivity contribution is -0.149. The maximum Gasteiger partial charge on any atom is 0.307 e. The van der Waals surface area contributed by atoms with Gasteiger partial charge in [0.25, 0.3) is 0 Å². The number of amides is 1. The number of carboxylic acids is 1. The van der Waals surface area contributed by atoms with E-state index >= 15 is 0 Å². The number of carbonyl (C=O) groups is 2. The first-order chi connectivity index (χ1) is 19.5. The van der Waals surface area contributed by atoms with E-state index in [2.05, 4.69) is 26.1 Å². The minimum Gasteiger partial charge on any atom is -0.481 e. The quantitative estimate of drug-likeness (QED) is 0.0821. The van der Waals surface area contributed by atoms with Crippen LogP contribution in [-0.4, -0.2) is 23.5 Å². The van der Waals surface area contributed by atoms with Gasteiger partial charge in [-0.15, -0.1) is 0 Å². The molecule has 0 spiro atoms. The second-order valence-corrected chi connectivity index (χ2v) is 12.7. The van der Waals surface area contributed by atoms with Gasteiger partial charge in [-0.3, -0.25) is 9.59 Å². The summed E-state index contributed by atoms with van der Waals surface area (Å²) in [4.78, 5) is 25.0. The van der Waals surface area contributed by atoms with Gasteiger partial charge in [-0.05, 0) is 18.8 Å². The van der Waals surface area contributed by atoms with E-state index in [9.17, 15) is 14.7 Å². The van der Waals surface area contributed by atoms with Gasteiger partial charge in [0.15, 0.2) is 0 Å². The molecule has 1 amide bonds. The highest BCUT2D eigenvalue weighted by molar-refractivity contribution is 5.84. The Kier molecular flexibility index (Phi) is 28.7. The Balaban J connectivity index is 3.96. The van der Waals surface area contributed by atoms with Crippen LogP contribution in [-0.2, 0) is 9.59 Å². The highest BCUT2D eigenvalue weighted by Crippen LogP contribution is 2.30. The number of nitrogens with one attached hydrogen (secondary N) is 1. The van der Waals surface area contributed by atoms with E-state index in [1.165, 1.54) is 135 Å². The van der Waals surface area contributed by atoms with Crippen LogP contribution in [0.4, 0.5) is 0 Å². The first kappa shape index (κ1) is 38.9. The van der Waals surface area contributed by atoms with Crippen molar-refractivity contribution in [3.05, 3.63) is 0 Å². The molecule has 4 heteroatoms. The predicted octanol–water partition coefficient (Wildman–Crippen LogP) is 11.3. The monoisotopic (exact) mass is 566 g/mol. The maximum atomic E-state index is 12.8. The molecule has 2 N–H and O–H groups in total. The summed E-state index contributed by atoms with van der Waals surface area (Å²) >= 11 is 0. The molecule has 0 fully saturated rings. The van der Waals surface area contributed by atoms with Crippen LogP contribution in [0, 0.1) is 17.8 Å². The average molecular weight is 566 g/mol. The summed E-state index contributed by atoms with van der Waals surface area (Å²) in [7, 11) is 0. The van der Waals surface area contributed by atoms with Crippen molar-refractivity contribution in [1.29, 1.82) is 0 Å². The highest BCUT2D eigenvalue weighted by Gasteiger charge is 2.35. The molecule has 0 saturated heterocycles. The number of carboxylic acid groups (broad SMARTS) is 1. The number of carbonyl (C=O) groups excluding carboxylic acids is 1. The van der Waals surface area contributed by atoms with Crippen molar-refractivity contribution in [1.82, 2.24) is 5.32 Å². The van der Waals surface area contributed by atoms with Gasteiger partial charge >= 0.3 is 5.97 Å². The van der Waals surface area contributed by atoms with E-state index in [1.54, 1.807) is 0 Å². The Bertz CT molecular complexity index is 564. The molecule has 0 aliphatic rings. The molecule has 0 heterocycles. The van der Waals surface area contributed by atoms with Crippen molar-refractivity contribution in [2.75, 3.05) is 6.54 Å². The summed E-state index contributed by atoms with van der Waals surface area (Å²) in [5.41, 5.74) is 0. The summed E-state index contributed by atoms with van der Waals surface area (Å²) < 4.78 is 0. The first-order valence-corrected chi connectivity index (χ1v) is 18.0. The fourth-order valence-electron chi connectivity index (χ4n) is 6.21. The number of aliphatic carboxylic acids is 1. The number of hydrogen-bond donors (Lipinski definition) is 2. The SMILES string of the molecule is CCCCCCCCCCCCCCCCNC(=O)C(C)C(C(=O)O)C(CC)CCCCCCCCCCCC. The fourth-order valence-corrected chi connectivity index (χ4v) is 6.21. The molecule has 0 radical (unpaired) electrons. The van der Waals surface area contributed by atoms with Crippen molar-refractivity contribution in [3.63, 3.8) is 0 Å². The molecule has 0 aliphatic carbocycles. The third kappa shape index (κ3) is 22.6. The third-order valence-electron chi connectivity index (χ3n) is 9.03. The lowest BCUT2D eigenvalue weighted by atomic mass is 9.77. The van der Waals surface area contributed by atoms with Crippen LogP contribution in [0.1, 0.15) is 195 Å². The molecule has 3 atom stereocenters. The summed E-state index contributed by atoms with van der Waals surface area (Å²) in [6.07, 6.45) is 33.1. The lowest BCUT2D eigenvalue weighted by Crippen LogP contribution is -2.40. The van der Waals surface area contributed by atoms with E-state index in [-0.39, 0.29) is 11.8 Å². The highest BCUT2D eigenvalue weighted by atomic mass is 16.4. The Morgan fingerprint density at radius 1 is 0.550 bits per heavy atom. The summed E-state index contributed by atoms with van der Waals surface area (Å²) in [6, 6.07) is 0. The van der Waals surface area contributed by atoms with Crippen LogP contribution in [0.2, 0.25) is 0 Å². The van der Waals surface area contributed by atoms with E-state index < -0.39 is 17.8 Å². The van der Waals surface area contributed by atoms with Gasteiger partial charge in [-0.1, -0.05) is 182 Å². The molecule has 40 heavy (non-hydrogen) atoms. The van der Waals surface area contributed by atoms with Crippen LogP contribution in [0.15, 0.2) is 0 Å². The Hall–Kier alpha value is -1.06. The zero-order valence-corrected chi connectivity index (χ0v) is 27.6. The first-order valence-electron chi connectivity index (χ1n) is 18.0. The molecule has 3 unspecified atom stereocenters. The van der Waals surface area contributed by atoms with Gasteiger partial charge in [0.05, 0.1) is 5.92 Å². The zero-order valence-electron chi connectivity index (χ0n) is 27.6. The third-order valence-corrected chi connectivity index (χ3v) is 9.03. The average Bonchev–Trinajstić information content (AvgIpc) is 2.94. The number of unbranched alkanes of at least 4 members (excludes halogenated alkanes) is 22. The number of hydrogen-bond acceptors (Lipinski definition) is 2. The topological polar surface area (TPSA) is 66.4 Å². The minimum atomic E-state index is -0.807. The maximum absolute atomic E-state index is 12.8. The van der Waals surface area contributed by atoms with Crippen molar-refractivity contribution in [2.45, 2.75) is 195 Å². The van der Waals surface area contributed by atoms with Crippen molar-refractivity contribution < 1.29 is 14.7 Å². The van der Waals surface area contributed by atoms with Gasteiger partial charge in [0.2, 0.25) is 5.91 Å². The Labute approximate surface area is 250 Å². The van der Waals surface area contributed by atoms with E-state index in [4.69, 9.17) is 0 Å². The normalized spacial score (nSPS) is 13.7. The van der Waals surface area contributed by atoms with Crippen molar-refractivity contribution in [2.24, 2.45) is 17.8 Å². The molecule has 0 rings (SSSR count). The Morgan fingerprint density at radius 3 is 1.25 bits per heavy atom. The van der Waals surface area contributed by atoms with Crippen LogP contribution >= 0.6 is 0 Å². The van der Waals surface area contributed by atoms with Gasteiger partial charge in [0.1, 0.15) is 0 Å². The summed E-state index contributed by atoms with van der Waals surface area (Å²) in [5, 5.41) is 13.0. The standard InChI is InChI=1S/C36H71NO3/c1-5-8-10-12-14-16-18-19-20-21-23-25-27-29-31-37-35(38)32(4)34(36(39)40)33(7-3)30-28-26-24-22-17-15-13-11-9-6-2/h32-34H,5-31H2,1-4H3,(H,37,38)(H,39,40). The summed E-state index contributed by atoms with van der Waals surface area (Å²) in [5.74, 6) is -1.87.